The number of nitriles is 1. The number of aromatic nitrogens is 2. The zero-order valence-electron chi connectivity index (χ0n) is 9.73. The molecule has 0 aromatic carbocycles. The average Bonchev–Trinajstić information content (AvgIpc) is 2.85. The van der Waals surface area contributed by atoms with E-state index in [4.69, 9.17) is 10.00 Å². The molecule has 1 aromatic heterocycles. The fraction of sp³-hybridized carbons (Fsp3) is 0.500. The van der Waals surface area contributed by atoms with E-state index in [0.717, 1.165) is 12.1 Å². The Bertz CT molecular complexity index is 367. The fourth-order valence-electron chi connectivity index (χ4n) is 1.16. The van der Waals surface area contributed by atoms with Crippen LogP contribution in [0.1, 0.15) is 12.1 Å². The van der Waals surface area contributed by atoms with Gasteiger partial charge in [-0.2, -0.15) is 5.26 Å². The molecule has 0 radical (unpaired) electrons. The summed E-state index contributed by atoms with van der Waals surface area (Å²) in [5.41, 5.74) is 0.958. The lowest BCUT2D eigenvalue weighted by Crippen LogP contribution is -2.35. The van der Waals surface area contributed by atoms with Crippen LogP contribution < -0.4 is 10.6 Å². The van der Waals surface area contributed by atoms with Gasteiger partial charge in [-0.25, -0.2) is 4.98 Å². The third-order valence-corrected chi connectivity index (χ3v) is 1.97. The molecule has 0 spiro atoms. The summed E-state index contributed by atoms with van der Waals surface area (Å²) >= 11 is 0. The highest BCUT2D eigenvalue weighted by molar-refractivity contribution is 5.80. The number of hydrogen-bond donors (Lipinski definition) is 3. The van der Waals surface area contributed by atoms with Crippen molar-refractivity contribution in [2.45, 2.75) is 13.0 Å². The smallest absolute Gasteiger partial charge is 0.204 e. The van der Waals surface area contributed by atoms with E-state index in [1.807, 2.05) is 0 Å². The van der Waals surface area contributed by atoms with Gasteiger partial charge in [0.25, 0.3) is 0 Å². The van der Waals surface area contributed by atoms with Gasteiger partial charge in [0.05, 0.1) is 24.8 Å². The molecule has 1 rings (SSSR count). The molecule has 3 N–H and O–H groups in total. The lowest BCUT2D eigenvalue weighted by Gasteiger charge is -2.06. The van der Waals surface area contributed by atoms with Gasteiger partial charge in [-0.15, -0.1) is 0 Å². The Kier molecular flexibility index (Phi) is 6.21. The van der Waals surface area contributed by atoms with Crippen LogP contribution in [0.25, 0.3) is 0 Å². The number of hydrogen-bond acceptors (Lipinski definition) is 4. The normalized spacial score (nSPS) is 10.9. The third-order valence-electron chi connectivity index (χ3n) is 1.97. The summed E-state index contributed by atoms with van der Waals surface area (Å²) in [5, 5.41) is 13.8. The predicted molar refractivity (Wildman–Crippen MR) is 63.0 cm³/mol. The van der Waals surface area contributed by atoms with Gasteiger partial charge in [-0.3, -0.25) is 10.3 Å². The molecule has 0 aliphatic rings. The molecule has 7 nitrogen and oxygen atoms in total. The van der Waals surface area contributed by atoms with Crippen molar-refractivity contribution in [2.75, 3.05) is 20.2 Å². The highest BCUT2D eigenvalue weighted by Crippen LogP contribution is 1.94. The molecule has 0 saturated heterocycles. The van der Waals surface area contributed by atoms with Gasteiger partial charge < -0.3 is 15.0 Å². The monoisotopic (exact) mass is 236 g/mol. The summed E-state index contributed by atoms with van der Waals surface area (Å²) in [7, 11) is 1.61. The number of guanidine groups is 1. The second-order valence-corrected chi connectivity index (χ2v) is 3.22. The Morgan fingerprint density at radius 2 is 2.59 bits per heavy atom. The molecule has 0 bridgehead atoms. The summed E-state index contributed by atoms with van der Waals surface area (Å²) in [6.07, 6.45) is 5.99. The molecule has 0 amide bonds. The van der Waals surface area contributed by atoms with Crippen molar-refractivity contribution in [3.63, 3.8) is 0 Å². The highest BCUT2D eigenvalue weighted by atomic mass is 16.5. The number of rotatable bonds is 6. The van der Waals surface area contributed by atoms with Crippen molar-refractivity contribution in [1.82, 2.24) is 20.6 Å². The van der Waals surface area contributed by atoms with Crippen LogP contribution >= 0.6 is 0 Å². The number of aliphatic imine (C=N–C) groups is 1. The Labute approximate surface area is 99.9 Å². The van der Waals surface area contributed by atoms with Crippen LogP contribution in [0.4, 0.5) is 0 Å². The van der Waals surface area contributed by atoms with Gasteiger partial charge in [0.15, 0.2) is 6.19 Å². The predicted octanol–water partition coefficient (Wildman–Crippen LogP) is -0.0375. The molecular formula is C10H16N6O. The highest BCUT2D eigenvalue weighted by Gasteiger charge is 1.96. The Balaban J connectivity index is 1.99. The molecule has 1 aromatic rings. The summed E-state index contributed by atoms with van der Waals surface area (Å²) in [6.45, 7) is 1.87. The summed E-state index contributed by atoms with van der Waals surface area (Å²) < 4.78 is 5.42. The molecule has 0 aliphatic carbocycles. The molecule has 0 unspecified atom stereocenters. The number of nitrogens with one attached hydrogen (secondary N) is 3. The van der Waals surface area contributed by atoms with Crippen LogP contribution in [0.2, 0.25) is 0 Å². The molecule has 0 fully saturated rings. The minimum atomic E-state index is 0.473. The van der Waals surface area contributed by atoms with E-state index in [1.54, 1.807) is 25.8 Å². The maximum absolute atomic E-state index is 8.40. The van der Waals surface area contributed by atoms with Crippen molar-refractivity contribution >= 4 is 5.96 Å². The van der Waals surface area contributed by atoms with Gasteiger partial charge in [0.2, 0.25) is 5.96 Å². The van der Waals surface area contributed by atoms with E-state index in [9.17, 15) is 0 Å². The Morgan fingerprint density at radius 3 is 3.24 bits per heavy atom. The van der Waals surface area contributed by atoms with Crippen LogP contribution in [-0.2, 0) is 11.3 Å². The lowest BCUT2D eigenvalue weighted by molar-refractivity contribution is 0.117. The number of H-pyrrole nitrogens is 1. The molecule has 92 valence electrons. The van der Waals surface area contributed by atoms with Crippen LogP contribution in [0.15, 0.2) is 17.5 Å². The van der Waals surface area contributed by atoms with E-state index in [-0.39, 0.29) is 0 Å². The first-order valence-electron chi connectivity index (χ1n) is 5.27. The Morgan fingerprint density at radius 1 is 1.71 bits per heavy atom. The molecule has 0 atom stereocenters. The maximum atomic E-state index is 8.40. The first-order chi connectivity index (χ1) is 8.36. The second-order valence-electron chi connectivity index (χ2n) is 3.22. The number of imidazole rings is 1. The van der Waals surface area contributed by atoms with Gasteiger partial charge in [0.1, 0.15) is 0 Å². The zero-order valence-corrected chi connectivity index (χ0v) is 9.73. The van der Waals surface area contributed by atoms with Crippen LogP contribution in [0, 0.1) is 11.5 Å². The molecule has 0 aliphatic heterocycles. The number of ether oxygens (including phenoxy) is 1. The van der Waals surface area contributed by atoms with E-state index in [2.05, 4.69) is 25.6 Å². The molecule has 7 heteroatoms. The molecule has 1 heterocycles. The van der Waals surface area contributed by atoms with Crippen molar-refractivity contribution in [3.05, 3.63) is 18.2 Å². The summed E-state index contributed by atoms with van der Waals surface area (Å²) in [4.78, 5) is 10.7. The van der Waals surface area contributed by atoms with Crippen molar-refractivity contribution in [3.8, 4) is 6.19 Å². The van der Waals surface area contributed by atoms with Crippen LogP contribution in [0.3, 0.4) is 0 Å². The number of aromatic amines is 1. The SMILES string of the molecule is CN=C(NC#N)NCCCOCc1cnc[nH]1. The fourth-order valence-corrected chi connectivity index (χ4v) is 1.16. The van der Waals surface area contributed by atoms with E-state index in [0.29, 0.717) is 25.7 Å². The molecule has 17 heavy (non-hydrogen) atoms. The molecular weight excluding hydrogens is 220 g/mol. The largest absolute Gasteiger partial charge is 0.375 e. The summed E-state index contributed by atoms with van der Waals surface area (Å²) in [5.74, 6) is 0.473. The van der Waals surface area contributed by atoms with Crippen molar-refractivity contribution < 1.29 is 4.74 Å². The minimum absolute atomic E-state index is 0.473. The van der Waals surface area contributed by atoms with Crippen LogP contribution in [0.5, 0.6) is 0 Å². The second kappa shape index (κ2) is 8.13. The van der Waals surface area contributed by atoms with Crippen molar-refractivity contribution in [2.24, 2.45) is 4.99 Å². The average molecular weight is 236 g/mol. The maximum Gasteiger partial charge on any atom is 0.204 e. The zero-order chi connectivity index (χ0) is 12.3. The van der Waals surface area contributed by atoms with Gasteiger partial charge in [0, 0.05) is 20.2 Å². The number of nitrogens with zero attached hydrogens (tertiary/aromatic N) is 3. The topological polar surface area (TPSA) is 98.1 Å². The Hall–Kier alpha value is -2.07. The molecule has 0 saturated carbocycles. The van der Waals surface area contributed by atoms with Crippen LogP contribution in [-0.4, -0.2) is 36.1 Å². The van der Waals surface area contributed by atoms with E-state index >= 15 is 0 Å². The van der Waals surface area contributed by atoms with Gasteiger partial charge in [-0.1, -0.05) is 0 Å². The standard InChI is InChI=1S/C10H16N6O/c1-12-10(15-7-11)14-3-2-4-17-6-9-5-13-8-16-9/h5,8H,2-4,6H2,1H3,(H,13,16)(H2,12,14,15). The quantitative estimate of drug-likeness (QED) is 0.212. The van der Waals surface area contributed by atoms with Crippen molar-refractivity contribution in [1.29, 1.82) is 5.26 Å². The lowest BCUT2D eigenvalue weighted by atomic mass is 10.4. The third kappa shape index (κ3) is 5.53. The van der Waals surface area contributed by atoms with E-state index < -0.39 is 0 Å². The van der Waals surface area contributed by atoms with Gasteiger partial charge >= 0.3 is 0 Å². The summed E-state index contributed by atoms with van der Waals surface area (Å²) in [6, 6.07) is 0. The van der Waals surface area contributed by atoms with Gasteiger partial charge in [-0.05, 0) is 6.42 Å². The minimum Gasteiger partial charge on any atom is -0.375 e. The van der Waals surface area contributed by atoms with E-state index in [1.165, 1.54) is 0 Å². The first-order valence-corrected chi connectivity index (χ1v) is 5.27. The first kappa shape index (κ1) is 13.0.